The molecule has 2 heterocycles. The van der Waals surface area contributed by atoms with Crippen LogP contribution < -0.4 is 10.2 Å². The van der Waals surface area contributed by atoms with Crippen LogP contribution in [0.25, 0.3) is 5.69 Å². The molecule has 0 amide bonds. The number of imidazole rings is 1. The summed E-state index contributed by atoms with van der Waals surface area (Å²) in [5.41, 5.74) is 3.39. The van der Waals surface area contributed by atoms with E-state index in [-0.39, 0.29) is 6.10 Å². The van der Waals surface area contributed by atoms with Crippen LogP contribution in [0, 0.1) is 0 Å². The summed E-state index contributed by atoms with van der Waals surface area (Å²) in [6, 6.07) is 8.44. The van der Waals surface area contributed by atoms with Crippen LogP contribution in [0.3, 0.4) is 0 Å². The number of nitrogens with zero attached hydrogens (tertiary/aromatic N) is 3. The molecule has 1 aliphatic heterocycles. The zero-order chi connectivity index (χ0) is 13.9. The molecular formula is C15H20N4O. The lowest BCUT2D eigenvalue weighted by Crippen LogP contribution is -2.34. The molecule has 5 heteroatoms. The van der Waals surface area contributed by atoms with E-state index in [0.29, 0.717) is 0 Å². The molecular weight excluding hydrogens is 252 g/mol. The normalized spacial score (nSPS) is 19.0. The van der Waals surface area contributed by atoms with Crippen molar-refractivity contribution in [2.45, 2.75) is 6.10 Å². The highest BCUT2D eigenvalue weighted by molar-refractivity contribution is 5.50. The van der Waals surface area contributed by atoms with Crippen LogP contribution in [-0.4, -0.2) is 43.3 Å². The average molecular weight is 272 g/mol. The summed E-state index contributed by atoms with van der Waals surface area (Å²) in [5.74, 6) is 0. The highest BCUT2D eigenvalue weighted by Crippen LogP contribution is 2.23. The Labute approximate surface area is 119 Å². The van der Waals surface area contributed by atoms with Crippen LogP contribution in [0.2, 0.25) is 0 Å². The van der Waals surface area contributed by atoms with Crippen molar-refractivity contribution >= 4 is 5.69 Å². The zero-order valence-corrected chi connectivity index (χ0v) is 11.9. The number of hydrogen-bond donors (Lipinski definition) is 1. The Bertz CT molecular complexity index is 556. The number of ether oxygens (including phenoxy) is 1. The fourth-order valence-corrected chi connectivity index (χ4v) is 2.43. The van der Waals surface area contributed by atoms with Gasteiger partial charge in [-0.05, 0) is 24.3 Å². The smallest absolute Gasteiger partial charge is 0.112 e. The van der Waals surface area contributed by atoms with Crippen molar-refractivity contribution in [3.63, 3.8) is 0 Å². The Morgan fingerprint density at radius 3 is 2.75 bits per heavy atom. The second kappa shape index (κ2) is 5.64. The number of benzene rings is 1. The van der Waals surface area contributed by atoms with Crippen molar-refractivity contribution in [2.24, 2.45) is 0 Å². The monoisotopic (exact) mass is 272 g/mol. The van der Waals surface area contributed by atoms with E-state index < -0.39 is 0 Å². The van der Waals surface area contributed by atoms with Gasteiger partial charge in [-0.1, -0.05) is 0 Å². The highest BCUT2D eigenvalue weighted by atomic mass is 16.5. The minimum atomic E-state index is 0.0692. The minimum absolute atomic E-state index is 0.0692. The van der Waals surface area contributed by atoms with Gasteiger partial charge in [-0.25, -0.2) is 4.98 Å². The van der Waals surface area contributed by atoms with Crippen molar-refractivity contribution in [3.05, 3.63) is 42.5 Å². The fourth-order valence-electron chi connectivity index (χ4n) is 2.43. The van der Waals surface area contributed by atoms with Gasteiger partial charge in [0, 0.05) is 38.6 Å². The molecule has 0 radical (unpaired) electrons. The number of nitrogens with one attached hydrogen (secondary N) is 1. The van der Waals surface area contributed by atoms with Crippen LogP contribution >= 0.6 is 0 Å². The number of hydrogen-bond acceptors (Lipinski definition) is 4. The van der Waals surface area contributed by atoms with Crippen LogP contribution in [-0.2, 0) is 4.74 Å². The minimum Gasteiger partial charge on any atom is -0.378 e. The standard InChI is InChI=1S/C15H20N4O/c1-18(2)12-3-5-13(6-4-12)19-11-17-9-14(19)15-10-16-7-8-20-15/h3-6,9,11,15-16H,7-8,10H2,1-2H3. The van der Waals surface area contributed by atoms with Crippen LogP contribution in [0.15, 0.2) is 36.8 Å². The number of aromatic nitrogens is 2. The molecule has 1 aromatic carbocycles. The summed E-state index contributed by atoms with van der Waals surface area (Å²) >= 11 is 0. The molecule has 1 fully saturated rings. The molecule has 106 valence electrons. The first kappa shape index (κ1) is 13.1. The van der Waals surface area contributed by atoms with Gasteiger partial charge >= 0.3 is 0 Å². The first-order chi connectivity index (χ1) is 9.75. The molecule has 2 aromatic rings. The summed E-state index contributed by atoms with van der Waals surface area (Å²) < 4.78 is 7.91. The molecule has 0 aliphatic carbocycles. The van der Waals surface area contributed by atoms with E-state index >= 15 is 0 Å². The van der Waals surface area contributed by atoms with Crippen molar-refractivity contribution < 1.29 is 4.74 Å². The maximum atomic E-state index is 5.81. The molecule has 3 rings (SSSR count). The topological polar surface area (TPSA) is 42.3 Å². The Morgan fingerprint density at radius 1 is 1.30 bits per heavy atom. The average Bonchev–Trinajstić information content (AvgIpc) is 2.97. The van der Waals surface area contributed by atoms with Crippen molar-refractivity contribution in [1.29, 1.82) is 0 Å². The number of rotatable bonds is 3. The van der Waals surface area contributed by atoms with Crippen LogP contribution in [0.5, 0.6) is 0 Å². The van der Waals surface area contributed by atoms with Crippen LogP contribution in [0.1, 0.15) is 11.8 Å². The lowest BCUT2D eigenvalue weighted by atomic mass is 10.2. The molecule has 1 aromatic heterocycles. The number of anilines is 1. The largest absolute Gasteiger partial charge is 0.378 e. The molecule has 5 nitrogen and oxygen atoms in total. The van der Waals surface area contributed by atoms with Gasteiger partial charge < -0.3 is 19.5 Å². The maximum absolute atomic E-state index is 5.81. The quantitative estimate of drug-likeness (QED) is 0.921. The predicted molar refractivity (Wildman–Crippen MR) is 79.5 cm³/mol. The third kappa shape index (κ3) is 2.55. The first-order valence-electron chi connectivity index (χ1n) is 6.88. The van der Waals surface area contributed by atoms with E-state index in [0.717, 1.165) is 31.1 Å². The third-order valence-corrected chi connectivity index (χ3v) is 3.57. The summed E-state index contributed by atoms with van der Waals surface area (Å²) in [4.78, 5) is 6.37. The molecule has 0 bridgehead atoms. The first-order valence-corrected chi connectivity index (χ1v) is 6.88. The Hall–Kier alpha value is -1.85. The van der Waals surface area contributed by atoms with Gasteiger partial charge in [-0.3, -0.25) is 0 Å². The maximum Gasteiger partial charge on any atom is 0.112 e. The molecule has 1 saturated heterocycles. The molecule has 1 aliphatic rings. The Kier molecular flexibility index (Phi) is 3.71. The van der Waals surface area contributed by atoms with E-state index in [9.17, 15) is 0 Å². The summed E-state index contributed by atoms with van der Waals surface area (Å²) in [6.45, 7) is 2.50. The molecule has 0 saturated carbocycles. The van der Waals surface area contributed by atoms with Gasteiger partial charge in [0.05, 0.1) is 24.8 Å². The van der Waals surface area contributed by atoms with Crippen molar-refractivity contribution in [3.8, 4) is 5.69 Å². The zero-order valence-electron chi connectivity index (χ0n) is 11.9. The molecule has 1 atom stereocenters. The second-order valence-electron chi connectivity index (χ2n) is 5.16. The highest BCUT2D eigenvalue weighted by Gasteiger charge is 2.20. The van der Waals surface area contributed by atoms with E-state index in [4.69, 9.17) is 4.74 Å². The SMILES string of the molecule is CN(C)c1ccc(-n2cncc2C2CNCCO2)cc1. The Morgan fingerprint density at radius 2 is 2.10 bits per heavy atom. The number of morpholine rings is 1. The molecule has 0 spiro atoms. The van der Waals surface area contributed by atoms with Gasteiger partial charge in [0.2, 0.25) is 0 Å². The van der Waals surface area contributed by atoms with Crippen molar-refractivity contribution in [1.82, 2.24) is 14.9 Å². The van der Waals surface area contributed by atoms with Crippen LogP contribution in [0.4, 0.5) is 5.69 Å². The van der Waals surface area contributed by atoms with Gasteiger partial charge in [0.15, 0.2) is 0 Å². The van der Waals surface area contributed by atoms with E-state index in [1.54, 1.807) is 0 Å². The van der Waals surface area contributed by atoms with Gasteiger partial charge in [0.25, 0.3) is 0 Å². The van der Waals surface area contributed by atoms with Gasteiger partial charge in [-0.2, -0.15) is 0 Å². The van der Waals surface area contributed by atoms with Gasteiger partial charge in [-0.15, -0.1) is 0 Å². The van der Waals surface area contributed by atoms with E-state index in [1.807, 2.05) is 26.6 Å². The Balaban J connectivity index is 1.88. The summed E-state index contributed by atoms with van der Waals surface area (Å²) in [5, 5.41) is 3.35. The molecule has 20 heavy (non-hydrogen) atoms. The van der Waals surface area contributed by atoms with Crippen molar-refractivity contribution in [2.75, 3.05) is 38.7 Å². The van der Waals surface area contributed by atoms with E-state index in [1.165, 1.54) is 5.69 Å². The summed E-state index contributed by atoms with van der Waals surface area (Å²) in [7, 11) is 4.08. The van der Waals surface area contributed by atoms with Gasteiger partial charge in [0.1, 0.15) is 6.10 Å². The molecule has 1 N–H and O–H groups in total. The fraction of sp³-hybridized carbons (Fsp3) is 0.400. The summed E-state index contributed by atoms with van der Waals surface area (Å²) in [6.07, 6.45) is 3.80. The molecule has 1 unspecified atom stereocenters. The predicted octanol–water partition coefficient (Wildman–Crippen LogP) is 1.60. The lowest BCUT2D eigenvalue weighted by Gasteiger charge is -2.24. The van der Waals surface area contributed by atoms with E-state index in [2.05, 4.69) is 44.0 Å². The lowest BCUT2D eigenvalue weighted by molar-refractivity contribution is 0.0240. The third-order valence-electron chi connectivity index (χ3n) is 3.57. The second-order valence-corrected chi connectivity index (χ2v) is 5.16.